The molecule has 8 heteroatoms. The molecule has 1 aromatic heterocycles. The average Bonchev–Trinajstić information content (AvgIpc) is 2.88. The number of halogens is 2. The second-order valence-corrected chi connectivity index (χ2v) is 4.79. The highest BCUT2D eigenvalue weighted by Gasteiger charge is 2.11. The molecule has 118 valence electrons. The number of aromatic nitrogens is 3. The third-order valence-electron chi connectivity index (χ3n) is 3.20. The van der Waals surface area contributed by atoms with Crippen molar-refractivity contribution >= 4 is 5.96 Å². The van der Waals surface area contributed by atoms with E-state index in [1.165, 1.54) is 6.33 Å². The van der Waals surface area contributed by atoms with Crippen LogP contribution in [0.25, 0.3) is 0 Å². The second-order valence-electron chi connectivity index (χ2n) is 4.79. The van der Waals surface area contributed by atoms with Gasteiger partial charge in [-0.05, 0) is 18.2 Å². The Morgan fingerprint density at radius 1 is 1.41 bits per heavy atom. The number of rotatable bonds is 4. The minimum atomic E-state index is -0.472. The second kappa shape index (κ2) is 6.97. The number of aryl methyl sites for hydroxylation is 1. The first kappa shape index (κ1) is 15.9. The molecular formula is C14H18F2N6. The Balaban J connectivity index is 2.00. The summed E-state index contributed by atoms with van der Waals surface area (Å²) in [6.07, 6.45) is 1.47. The molecule has 1 heterocycles. The molecule has 0 saturated carbocycles. The number of aliphatic imine (C=N–C) groups is 1. The molecule has 0 fully saturated rings. The maximum Gasteiger partial charge on any atom is 0.194 e. The lowest BCUT2D eigenvalue weighted by molar-refractivity contribution is 0.447. The van der Waals surface area contributed by atoms with Crippen molar-refractivity contribution in [2.24, 2.45) is 12.0 Å². The van der Waals surface area contributed by atoms with Gasteiger partial charge in [-0.1, -0.05) is 0 Å². The summed E-state index contributed by atoms with van der Waals surface area (Å²) in [5.41, 5.74) is 0.244. The van der Waals surface area contributed by atoms with E-state index in [4.69, 9.17) is 0 Å². The minimum Gasteiger partial charge on any atom is -0.352 e. The SMILES string of the molecule is CN=C(NCc1cc(F)ccc1F)N(C)Cc1ncnn1C. The fourth-order valence-corrected chi connectivity index (χ4v) is 1.99. The van der Waals surface area contributed by atoms with E-state index >= 15 is 0 Å². The average molecular weight is 308 g/mol. The predicted octanol–water partition coefficient (Wildman–Crippen LogP) is 1.30. The van der Waals surface area contributed by atoms with Crippen LogP contribution in [0.2, 0.25) is 0 Å². The Labute approximate surface area is 127 Å². The molecule has 0 aliphatic rings. The van der Waals surface area contributed by atoms with Gasteiger partial charge in [0.25, 0.3) is 0 Å². The normalized spacial score (nSPS) is 11.6. The molecule has 6 nitrogen and oxygen atoms in total. The fourth-order valence-electron chi connectivity index (χ4n) is 1.99. The third-order valence-corrected chi connectivity index (χ3v) is 3.20. The van der Waals surface area contributed by atoms with E-state index in [-0.39, 0.29) is 12.1 Å². The summed E-state index contributed by atoms with van der Waals surface area (Å²) in [7, 11) is 5.25. The van der Waals surface area contributed by atoms with Crippen LogP contribution >= 0.6 is 0 Å². The van der Waals surface area contributed by atoms with Crippen molar-refractivity contribution in [3.05, 3.63) is 47.5 Å². The molecule has 0 spiro atoms. The maximum absolute atomic E-state index is 13.6. The van der Waals surface area contributed by atoms with Gasteiger partial charge in [-0.2, -0.15) is 5.10 Å². The van der Waals surface area contributed by atoms with E-state index in [9.17, 15) is 8.78 Å². The maximum atomic E-state index is 13.6. The van der Waals surface area contributed by atoms with Gasteiger partial charge in [-0.3, -0.25) is 9.67 Å². The van der Waals surface area contributed by atoms with Crippen LogP contribution in [0.15, 0.2) is 29.5 Å². The highest BCUT2D eigenvalue weighted by atomic mass is 19.1. The topological polar surface area (TPSA) is 58.3 Å². The molecule has 0 aliphatic carbocycles. The first-order valence-corrected chi connectivity index (χ1v) is 6.70. The van der Waals surface area contributed by atoms with Crippen LogP contribution in [0.1, 0.15) is 11.4 Å². The molecule has 1 aromatic carbocycles. The van der Waals surface area contributed by atoms with Crippen LogP contribution in [-0.2, 0) is 20.1 Å². The fraction of sp³-hybridized carbons (Fsp3) is 0.357. The van der Waals surface area contributed by atoms with Crippen LogP contribution in [0.3, 0.4) is 0 Å². The molecule has 1 N–H and O–H groups in total. The molecule has 2 aromatic rings. The van der Waals surface area contributed by atoms with Crippen molar-refractivity contribution in [2.75, 3.05) is 14.1 Å². The van der Waals surface area contributed by atoms with Crippen molar-refractivity contribution in [1.29, 1.82) is 0 Å². The van der Waals surface area contributed by atoms with Crippen LogP contribution in [-0.4, -0.2) is 39.7 Å². The van der Waals surface area contributed by atoms with Crippen molar-refractivity contribution in [1.82, 2.24) is 25.0 Å². The van der Waals surface area contributed by atoms with E-state index in [1.807, 2.05) is 11.9 Å². The summed E-state index contributed by atoms with van der Waals surface area (Å²) in [4.78, 5) is 10.1. The standard InChI is InChI=1S/C14H18F2N6/c1-17-14(21(2)8-13-19-9-20-22(13)3)18-7-10-6-11(15)4-5-12(10)16/h4-6,9H,7-8H2,1-3H3,(H,17,18). The molecule has 0 unspecified atom stereocenters. The van der Waals surface area contributed by atoms with Crippen molar-refractivity contribution in [3.8, 4) is 0 Å². The first-order valence-electron chi connectivity index (χ1n) is 6.70. The van der Waals surface area contributed by atoms with E-state index in [1.54, 1.807) is 18.8 Å². The smallest absolute Gasteiger partial charge is 0.194 e. The highest BCUT2D eigenvalue weighted by molar-refractivity contribution is 5.79. The van der Waals surface area contributed by atoms with E-state index in [2.05, 4.69) is 20.4 Å². The summed E-state index contributed by atoms with van der Waals surface area (Å²) in [6, 6.07) is 3.37. The van der Waals surface area contributed by atoms with Gasteiger partial charge < -0.3 is 10.2 Å². The molecule has 0 saturated heterocycles. The summed E-state index contributed by atoms with van der Waals surface area (Å²) < 4.78 is 28.4. The zero-order chi connectivity index (χ0) is 16.1. The van der Waals surface area contributed by atoms with Crippen LogP contribution in [0, 0.1) is 11.6 Å². The molecule has 0 radical (unpaired) electrons. The summed E-state index contributed by atoms with van der Waals surface area (Å²) in [5, 5.41) is 6.99. The van der Waals surface area contributed by atoms with Crippen LogP contribution in [0.4, 0.5) is 8.78 Å². The molecule has 2 rings (SSSR count). The van der Waals surface area contributed by atoms with Gasteiger partial charge in [0.15, 0.2) is 5.96 Å². The number of hydrogen-bond acceptors (Lipinski definition) is 3. The largest absolute Gasteiger partial charge is 0.352 e. The van der Waals surface area contributed by atoms with Gasteiger partial charge in [-0.15, -0.1) is 0 Å². The number of benzene rings is 1. The minimum absolute atomic E-state index is 0.138. The number of nitrogens with one attached hydrogen (secondary N) is 1. The molecule has 0 aliphatic heterocycles. The van der Waals surface area contributed by atoms with Crippen molar-refractivity contribution in [2.45, 2.75) is 13.1 Å². The molecule has 0 bridgehead atoms. The van der Waals surface area contributed by atoms with Gasteiger partial charge in [0, 0.05) is 33.3 Å². The predicted molar refractivity (Wildman–Crippen MR) is 79.0 cm³/mol. The lowest BCUT2D eigenvalue weighted by Gasteiger charge is -2.21. The Bertz CT molecular complexity index is 667. The Morgan fingerprint density at radius 3 is 2.82 bits per heavy atom. The summed E-state index contributed by atoms with van der Waals surface area (Å²) >= 11 is 0. The Hall–Kier alpha value is -2.51. The first-order chi connectivity index (χ1) is 10.5. The van der Waals surface area contributed by atoms with Crippen molar-refractivity contribution < 1.29 is 8.78 Å². The van der Waals surface area contributed by atoms with Gasteiger partial charge in [0.1, 0.15) is 23.8 Å². The summed E-state index contributed by atoms with van der Waals surface area (Å²) in [6.45, 7) is 0.626. The van der Waals surface area contributed by atoms with Gasteiger partial charge in [-0.25, -0.2) is 13.8 Å². The zero-order valence-electron chi connectivity index (χ0n) is 12.7. The Kier molecular flexibility index (Phi) is 5.03. The monoisotopic (exact) mass is 308 g/mol. The molecule has 22 heavy (non-hydrogen) atoms. The third kappa shape index (κ3) is 3.78. The van der Waals surface area contributed by atoms with Gasteiger partial charge >= 0.3 is 0 Å². The Morgan fingerprint density at radius 2 is 2.18 bits per heavy atom. The van der Waals surface area contributed by atoms with Crippen LogP contribution in [0.5, 0.6) is 0 Å². The van der Waals surface area contributed by atoms with Gasteiger partial charge in [0.05, 0.1) is 6.54 Å². The number of hydrogen-bond donors (Lipinski definition) is 1. The molecule has 0 amide bonds. The van der Waals surface area contributed by atoms with E-state index < -0.39 is 11.6 Å². The van der Waals surface area contributed by atoms with Crippen molar-refractivity contribution in [3.63, 3.8) is 0 Å². The highest BCUT2D eigenvalue weighted by Crippen LogP contribution is 2.09. The lowest BCUT2D eigenvalue weighted by Crippen LogP contribution is -2.38. The quantitative estimate of drug-likeness (QED) is 0.683. The van der Waals surface area contributed by atoms with Crippen LogP contribution < -0.4 is 5.32 Å². The zero-order valence-corrected chi connectivity index (χ0v) is 12.7. The van der Waals surface area contributed by atoms with E-state index in [0.29, 0.717) is 12.5 Å². The molecular weight excluding hydrogens is 290 g/mol. The lowest BCUT2D eigenvalue weighted by atomic mass is 10.2. The summed E-state index contributed by atoms with van der Waals surface area (Å²) in [5.74, 6) is 0.384. The molecule has 0 atom stereocenters. The number of nitrogens with zero attached hydrogens (tertiary/aromatic N) is 5. The van der Waals surface area contributed by atoms with Gasteiger partial charge in [0.2, 0.25) is 0 Å². The number of guanidine groups is 1. The van der Waals surface area contributed by atoms with E-state index in [0.717, 1.165) is 24.0 Å².